The van der Waals surface area contributed by atoms with Gasteiger partial charge in [-0.15, -0.1) is 0 Å². The van der Waals surface area contributed by atoms with Gasteiger partial charge in [0, 0.05) is 11.1 Å². The van der Waals surface area contributed by atoms with Crippen LogP contribution in [0.2, 0.25) is 10.0 Å². The third-order valence-corrected chi connectivity index (χ3v) is 5.07. The molecule has 1 aliphatic rings. The fraction of sp³-hybridized carbons (Fsp3) is 0. The molecule has 0 spiro atoms. The summed E-state index contributed by atoms with van der Waals surface area (Å²) in [6.07, 6.45) is 1.44. The summed E-state index contributed by atoms with van der Waals surface area (Å²) in [6, 6.07) is 14.0. The number of rotatable bonds is 6. The van der Waals surface area contributed by atoms with Crippen LogP contribution in [0, 0.1) is 20.2 Å². The minimum Gasteiger partial charge on any atom is -0.450 e. The molecule has 0 saturated heterocycles. The lowest BCUT2D eigenvalue weighted by Crippen LogP contribution is -2.05. The molecule has 0 N–H and O–H groups in total. The number of esters is 1. The zero-order valence-corrected chi connectivity index (χ0v) is 18.3. The van der Waals surface area contributed by atoms with Gasteiger partial charge in [0.15, 0.2) is 5.70 Å². The Morgan fingerprint density at radius 3 is 2.47 bits per heavy atom. The molecule has 0 unspecified atom stereocenters. The SMILES string of the molecule is O=C1OC(c2ccc(Cl)cc2Cl)=N/C1=C/c1cccc(Oc2ccc([N+](=O)[O-])cc2[N+](=O)[O-])c1. The molecule has 0 fully saturated rings. The fourth-order valence-corrected chi connectivity index (χ4v) is 3.48. The molecule has 3 aromatic rings. The van der Waals surface area contributed by atoms with Gasteiger partial charge in [-0.3, -0.25) is 20.2 Å². The van der Waals surface area contributed by atoms with Crippen molar-refractivity contribution in [2.45, 2.75) is 0 Å². The van der Waals surface area contributed by atoms with Crippen LogP contribution in [0.5, 0.6) is 11.5 Å². The van der Waals surface area contributed by atoms with Crippen molar-refractivity contribution in [1.29, 1.82) is 0 Å². The van der Waals surface area contributed by atoms with Gasteiger partial charge in [0.2, 0.25) is 11.6 Å². The first-order valence-electron chi connectivity index (χ1n) is 9.40. The number of nitro benzene ring substituents is 2. The largest absolute Gasteiger partial charge is 0.450 e. The summed E-state index contributed by atoms with van der Waals surface area (Å²) in [5.41, 5.74) is -0.121. The van der Waals surface area contributed by atoms with E-state index in [1.807, 2.05) is 0 Å². The standard InChI is InChI=1S/C22H11Cl2N3O7/c23-13-4-6-16(17(24)10-13)21-25-18(22(28)34-21)9-12-2-1-3-15(8-12)33-20-7-5-14(26(29)30)11-19(20)27(31)32/h1-11H/b18-9+. The van der Waals surface area contributed by atoms with E-state index in [1.165, 1.54) is 24.3 Å². The second-order valence-corrected chi connectivity index (χ2v) is 7.64. The van der Waals surface area contributed by atoms with Crippen molar-refractivity contribution in [2.24, 2.45) is 4.99 Å². The normalized spacial score (nSPS) is 14.0. The Labute approximate surface area is 201 Å². The predicted octanol–water partition coefficient (Wildman–Crippen LogP) is 5.95. The number of carbonyl (C=O) groups is 1. The van der Waals surface area contributed by atoms with E-state index in [0.29, 0.717) is 16.1 Å². The molecule has 0 bridgehead atoms. The molecule has 10 nitrogen and oxygen atoms in total. The lowest BCUT2D eigenvalue weighted by Gasteiger charge is -2.07. The van der Waals surface area contributed by atoms with Gasteiger partial charge in [0.05, 0.1) is 26.5 Å². The number of nitrogens with zero attached hydrogens (tertiary/aromatic N) is 3. The highest BCUT2D eigenvalue weighted by Gasteiger charge is 2.26. The Balaban J connectivity index is 1.62. The Hall–Kier alpha value is -4.28. The third-order valence-electron chi connectivity index (χ3n) is 4.52. The molecule has 0 atom stereocenters. The van der Waals surface area contributed by atoms with E-state index in [9.17, 15) is 25.0 Å². The Morgan fingerprint density at radius 2 is 1.76 bits per heavy atom. The molecular formula is C22H11Cl2N3O7. The lowest BCUT2D eigenvalue weighted by atomic mass is 10.2. The molecule has 34 heavy (non-hydrogen) atoms. The summed E-state index contributed by atoms with van der Waals surface area (Å²) < 4.78 is 10.8. The van der Waals surface area contributed by atoms with Crippen molar-refractivity contribution in [3.63, 3.8) is 0 Å². The summed E-state index contributed by atoms with van der Waals surface area (Å²) in [6.45, 7) is 0. The average Bonchev–Trinajstić information content (AvgIpc) is 3.13. The zero-order valence-electron chi connectivity index (χ0n) is 16.8. The molecule has 0 amide bonds. The molecule has 4 rings (SSSR count). The van der Waals surface area contributed by atoms with E-state index in [2.05, 4.69) is 4.99 Å². The van der Waals surface area contributed by atoms with Crippen molar-refractivity contribution in [2.75, 3.05) is 0 Å². The fourth-order valence-electron chi connectivity index (χ4n) is 2.99. The van der Waals surface area contributed by atoms with Gasteiger partial charge < -0.3 is 9.47 Å². The van der Waals surface area contributed by atoms with Crippen LogP contribution in [-0.4, -0.2) is 21.7 Å². The summed E-state index contributed by atoms with van der Waals surface area (Å²) >= 11 is 12.0. The highest BCUT2D eigenvalue weighted by atomic mass is 35.5. The second-order valence-electron chi connectivity index (χ2n) is 6.80. The number of nitro groups is 2. The summed E-state index contributed by atoms with van der Waals surface area (Å²) in [7, 11) is 0. The van der Waals surface area contributed by atoms with Gasteiger partial charge >= 0.3 is 11.7 Å². The minimum atomic E-state index is -0.777. The number of hydrogen-bond acceptors (Lipinski definition) is 8. The summed E-state index contributed by atoms with van der Waals surface area (Å²) in [5, 5.41) is 22.9. The first-order chi connectivity index (χ1) is 16.2. The highest BCUT2D eigenvalue weighted by Crippen LogP contribution is 2.35. The van der Waals surface area contributed by atoms with Crippen molar-refractivity contribution < 1.29 is 24.1 Å². The quantitative estimate of drug-likeness (QED) is 0.177. The van der Waals surface area contributed by atoms with Gasteiger partial charge in [-0.25, -0.2) is 9.79 Å². The molecule has 170 valence electrons. The van der Waals surface area contributed by atoms with Crippen LogP contribution in [-0.2, 0) is 9.53 Å². The summed E-state index contributed by atoms with van der Waals surface area (Å²) in [4.78, 5) is 37.2. The molecule has 0 radical (unpaired) electrons. The molecule has 1 heterocycles. The maximum Gasteiger partial charge on any atom is 0.363 e. The topological polar surface area (TPSA) is 134 Å². The van der Waals surface area contributed by atoms with E-state index in [1.54, 1.807) is 24.3 Å². The van der Waals surface area contributed by atoms with E-state index >= 15 is 0 Å². The van der Waals surface area contributed by atoms with E-state index in [4.69, 9.17) is 32.7 Å². The van der Waals surface area contributed by atoms with Crippen LogP contribution < -0.4 is 4.74 Å². The maximum atomic E-state index is 12.3. The highest BCUT2D eigenvalue weighted by molar-refractivity contribution is 6.37. The van der Waals surface area contributed by atoms with Crippen molar-refractivity contribution >= 4 is 52.5 Å². The predicted molar refractivity (Wildman–Crippen MR) is 123 cm³/mol. The van der Waals surface area contributed by atoms with Crippen molar-refractivity contribution in [3.05, 3.63) is 108 Å². The number of non-ortho nitro benzene ring substituents is 1. The van der Waals surface area contributed by atoms with Crippen LogP contribution in [0.4, 0.5) is 11.4 Å². The first kappa shape index (κ1) is 22.9. The number of ether oxygens (including phenoxy) is 2. The smallest absolute Gasteiger partial charge is 0.363 e. The number of carbonyl (C=O) groups excluding carboxylic acids is 1. The minimum absolute atomic E-state index is 0.000479. The lowest BCUT2D eigenvalue weighted by molar-refractivity contribution is -0.394. The average molecular weight is 500 g/mol. The van der Waals surface area contributed by atoms with Gasteiger partial charge in [0.25, 0.3) is 5.69 Å². The second kappa shape index (κ2) is 9.30. The van der Waals surface area contributed by atoms with Crippen molar-refractivity contribution in [1.82, 2.24) is 0 Å². The van der Waals surface area contributed by atoms with E-state index < -0.39 is 27.2 Å². The number of halogens is 2. The molecule has 0 aliphatic carbocycles. The molecule has 0 saturated carbocycles. The maximum absolute atomic E-state index is 12.3. The Morgan fingerprint density at radius 1 is 0.971 bits per heavy atom. The molecule has 3 aromatic carbocycles. The summed E-state index contributed by atoms with van der Waals surface area (Å²) in [5.74, 6) is -0.661. The number of hydrogen-bond donors (Lipinski definition) is 0. The molecule has 12 heteroatoms. The van der Waals surface area contributed by atoms with Gasteiger partial charge in [-0.2, -0.15) is 0 Å². The van der Waals surface area contributed by atoms with E-state index in [-0.39, 0.29) is 28.1 Å². The monoisotopic (exact) mass is 499 g/mol. The molecular weight excluding hydrogens is 489 g/mol. The third kappa shape index (κ3) is 4.87. The van der Waals surface area contributed by atoms with Gasteiger partial charge in [0.1, 0.15) is 5.75 Å². The Bertz CT molecular complexity index is 1420. The van der Waals surface area contributed by atoms with Gasteiger partial charge in [-0.1, -0.05) is 35.3 Å². The number of cyclic esters (lactones) is 1. The zero-order chi connectivity index (χ0) is 24.4. The van der Waals surface area contributed by atoms with E-state index in [0.717, 1.165) is 18.2 Å². The first-order valence-corrected chi connectivity index (χ1v) is 10.2. The van der Waals surface area contributed by atoms with Crippen LogP contribution in [0.25, 0.3) is 6.08 Å². The van der Waals surface area contributed by atoms with Crippen LogP contribution in [0.1, 0.15) is 11.1 Å². The van der Waals surface area contributed by atoms with Crippen LogP contribution in [0.3, 0.4) is 0 Å². The number of benzene rings is 3. The van der Waals surface area contributed by atoms with Crippen LogP contribution in [0.15, 0.2) is 71.4 Å². The van der Waals surface area contributed by atoms with Crippen molar-refractivity contribution in [3.8, 4) is 11.5 Å². The molecule has 1 aliphatic heterocycles. The van der Waals surface area contributed by atoms with Crippen LogP contribution >= 0.6 is 23.2 Å². The molecule has 0 aromatic heterocycles. The number of aliphatic imine (C=N–C) groups is 1. The van der Waals surface area contributed by atoms with Gasteiger partial charge in [-0.05, 0) is 48.0 Å². The Kier molecular flexibility index (Phi) is 6.26.